The van der Waals surface area contributed by atoms with Crippen molar-refractivity contribution < 1.29 is 47.3 Å². The van der Waals surface area contributed by atoms with Crippen molar-refractivity contribution in [1.29, 1.82) is 0 Å². The third kappa shape index (κ3) is 10.3. The van der Waals surface area contributed by atoms with Crippen molar-refractivity contribution in [2.24, 2.45) is 0 Å². The maximum absolute atomic E-state index is 11.4. The van der Waals surface area contributed by atoms with E-state index in [0.717, 1.165) is 29.2 Å². The molecule has 0 amide bonds. The van der Waals surface area contributed by atoms with Crippen molar-refractivity contribution in [2.75, 3.05) is 7.11 Å². The summed E-state index contributed by atoms with van der Waals surface area (Å²) in [6.45, 7) is 2.26. The normalized spacial score (nSPS) is 11.5. The molecule has 4 nitrogen and oxygen atoms in total. The van der Waals surface area contributed by atoms with Crippen LogP contribution in [0.3, 0.4) is 0 Å². The van der Waals surface area contributed by atoms with E-state index in [-0.39, 0.29) is 34.5 Å². The first kappa shape index (κ1) is 28.4. The van der Waals surface area contributed by atoms with Crippen molar-refractivity contribution in [2.45, 2.75) is 95.3 Å². The number of hydrogen-bond acceptors (Lipinski definition) is 4. The third-order valence-electron chi connectivity index (χ3n) is 5.78. The molecule has 2 rings (SSSR count). The second-order valence-corrected chi connectivity index (χ2v) is 9.65. The molecule has 2 aromatic carbocycles. The molecule has 0 N–H and O–H groups in total. The minimum Gasteiger partial charge on any atom is -0.744 e. The first-order valence-electron chi connectivity index (χ1n) is 11.5. The van der Waals surface area contributed by atoms with Crippen LogP contribution in [0.15, 0.2) is 35.2 Å². The Kier molecular flexibility index (Phi) is 14.0. The summed E-state index contributed by atoms with van der Waals surface area (Å²) in [5, 5.41) is 1.56. The van der Waals surface area contributed by atoms with Crippen LogP contribution in [0.2, 0.25) is 0 Å². The van der Waals surface area contributed by atoms with Gasteiger partial charge in [-0.05, 0) is 35.9 Å². The van der Waals surface area contributed by atoms with Crippen LogP contribution in [0.4, 0.5) is 0 Å². The number of benzene rings is 2. The monoisotopic (exact) mass is 456 g/mol. The number of ether oxygens (including phenoxy) is 1. The molecule has 0 aliphatic heterocycles. The van der Waals surface area contributed by atoms with Crippen LogP contribution in [0.25, 0.3) is 10.8 Å². The maximum atomic E-state index is 11.4. The average molecular weight is 457 g/mol. The second kappa shape index (κ2) is 15.3. The third-order valence-corrected chi connectivity index (χ3v) is 6.59. The molecule has 0 aliphatic carbocycles. The van der Waals surface area contributed by atoms with Gasteiger partial charge in [0.2, 0.25) is 0 Å². The first-order valence-corrected chi connectivity index (χ1v) is 12.9. The summed E-state index contributed by atoms with van der Waals surface area (Å²) in [5.74, 6) is 0.416. The van der Waals surface area contributed by atoms with Gasteiger partial charge in [-0.2, -0.15) is 0 Å². The van der Waals surface area contributed by atoms with Gasteiger partial charge in [-0.15, -0.1) is 0 Å². The molecule has 0 atom stereocenters. The van der Waals surface area contributed by atoms with Crippen LogP contribution in [0.1, 0.15) is 89.5 Å². The van der Waals surface area contributed by atoms with Crippen molar-refractivity contribution in [3.8, 4) is 5.75 Å². The number of rotatable bonds is 15. The van der Waals surface area contributed by atoms with E-state index in [9.17, 15) is 13.0 Å². The fourth-order valence-corrected chi connectivity index (χ4v) is 4.52. The van der Waals surface area contributed by atoms with Crippen LogP contribution >= 0.6 is 0 Å². The van der Waals surface area contributed by atoms with E-state index in [1.54, 1.807) is 0 Å². The Hall–Kier alpha value is -0.590. The smallest absolute Gasteiger partial charge is 0.744 e. The summed E-state index contributed by atoms with van der Waals surface area (Å²) in [4.78, 5) is -0.241. The van der Waals surface area contributed by atoms with Gasteiger partial charge in [-0.25, -0.2) is 8.42 Å². The molecule has 168 valence electrons. The molecule has 2 aromatic rings. The molecule has 0 radical (unpaired) electrons. The van der Waals surface area contributed by atoms with E-state index < -0.39 is 10.1 Å². The van der Waals surface area contributed by atoms with E-state index >= 15 is 0 Å². The number of unbranched alkanes of at least 4 members (excludes halogenated alkanes) is 11. The second-order valence-electron chi connectivity index (χ2n) is 8.27. The van der Waals surface area contributed by atoms with E-state index in [4.69, 9.17) is 4.74 Å². The van der Waals surface area contributed by atoms with E-state index in [1.807, 2.05) is 12.1 Å². The summed E-state index contributed by atoms with van der Waals surface area (Å²) < 4.78 is 39.5. The molecular formula is C25H37NaO4S. The largest absolute Gasteiger partial charge is 1.00 e. The van der Waals surface area contributed by atoms with Crippen LogP contribution in [0, 0.1) is 0 Å². The number of aryl methyl sites for hydroxylation is 1. The van der Waals surface area contributed by atoms with Crippen molar-refractivity contribution in [1.82, 2.24) is 0 Å². The maximum Gasteiger partial charge on any atom is 1.00 e. The number of fused-ring (bicyclic) bond motifs is 1. The van der Waals surface area contributed by atoms with Crippen LogP contribution < -0.4 is 34.3 Å². The molecule has 0 fully saturated rings. The van der Waals surface area contributed by atoms with Crippen LogP contribution in [0.5, 0.6) is 5.75 Å². The molecule has 0 unspecified atom stereocenters. The van der Waals surface area contributed by atoms with Gasteiger partial charge in [0.1, 0.15) is 15.9 Å². The zero-order valence-electron chi connectivity index (χ0n) is 19.6. The van der Waals surface area contributed by atoms with E-state index in [1.165, 1.54) is 89.9 Å². The minimum atomic E-state index is -4.51. The molecule has 6 heteroatoms. The Bertz CT molecular complexity index is 880. The van der Waals surface area contributed by atoms with Crippen molar-refractivity contribution >= 4 is 20.9 Å². The predicted octanol–water partition coefficient (Wildman–Crippen LogP) is 4.00. The molecule has 0 bridgehead atoms. The topological polar surface area (TPSA) is 66.4 Å². The Labute approximate surface area is 211 Å². The molecule has 0 spiro atoms. The van der Waals surface area contributed by atoms with Gasteiger partial charge in [-0.3, -0.25) is 0 Å². The molecular weight excluding hydrogens is 419 g/mol. The molecule has 0 aliphatic rings. The first-order chi connectivity index (χ1) is 14.5. The van der Waals surface area contributed by atoms with Gasteiger partial charge in [0.25, 0.3) is 0 Å². The van der Waals surface area contributed by atoms with Crippen molar-refractivity contribution in [3.63, 3.8) is 0 Å². The van der Waals surface area contributed by atoms with Crippen molar-refractivity contribution in [3.05, 3.63) is 35.9 Å². The Morgan fingerprint density at radius 2 is 1.35 bits per heavy atom. The summed E-state index contributed by atoms with van der Waals surface area (Å²) in [7, 11) is -3.03. The van der Waals surface area contributed by atoms with Crippen LogP contribution in [-0.4, -0.2) is 20.1 Å². The zero-order valence-corrected chi connectivity index (χ0v) is 22.4. The molecule has 31 heavy (non-hydrogen) atoms. The summed E-state index contributed by atoms with van der Waals surface area (Å²) in [5.41, 5.74) is 1.16. The number of methoxy groups -OCH3 is 1. The van der Waals surface area contributed by atoms with Crippen LogP contribution in [-0.2, 0) is 16.5 Å². The fourth-order valence-electron chi connectivity index (χ4n) is 4.00. The quantitative estimate of drug-likeness (QED) is 0.231. The van der Waals surface area contributed by atoms with Gasteiger partial charge in [-0.1, -0.05) is 95.8 Å². The summed E-state index contributed by atoms with van der Waals surface area (Å²) in [6.07, 6.45) is 16.9. The minimum absolute atomic E-state index is 0. The summed E-state index contributed by atoms with van der Waals surface area (Å²) in [6, 6.07) is 8.74. The average Bonchev–Trinajstić information content (AvgIpc) is 2.72. The number of hydrogen-bond donors (Lipinski definition) is 0. The van der Waals surface area contributed by atoms with Gasteiger partial charge < -0.3 is 9.29 Å². The zero-order chi connectivity index (χ0) is 21.8. The predicted molar refractivity (Wildman–Crippen MR) is 123 cm³/mol. The van der Waals surface area contributed by atoms with E-state index in [0.29, 0.717) is 5.75 Å². The molecule has 0 saturated heterocycles. The van der Waals surface area contributed by atoms with Gasteiger partial charge in [0.15, 0.2) is 0 Å². The molecule has 0 heterocycles. The SMILES string of the molecule is CCCCCCCCCCCCCCc1ccc2c(OC)cc(S(=O)(=O)[O-])cc2c1.[Na+]. The van der Waals surface area contributed by atoms with Gasteiger partial charge in [0.05, 0.1) is 12.0 Å². The summed E-state index contributed by atoms with van der Waals surface area (Å²) >= 11 is 0. The van der Waals surface area contributed by atoms with E-state index in [2.05, 4.69) is 13.0 Å². The Balaban J connectivity index is 0.00000480. The Morgan fingerprint density at radius 3 is 1.87 bits per heavy atom. The molecule has 0 saturated carbocycles. The van der Waals surface area contributed by atoms with Gasteiger partial charge >= 0.3 is 29.6 Å². The standard InChI is InChI=1S/C25H38O4S.Na/c1-3-4-5-6-7-8-9-10-11-12-13-14-15-21-16-17-24-22(18-21)19-23(30(26,27)28)20-25(24)29-2;/h16-20H,3-15H2,1-2H3,(H,26,27,28);/q;+1/p-1. The fraction of sp³-hybridized carbons (Fsp3) is 0.600. The van der Waals surface area contributed by atoms with Gasteiger partial charge in [0, 0.05) is 5.39 Å². The molecule has 0 aromatic heterocycles. The Morgan fingerprint density at radius 1 is 0.806 bits per heavy atom.